The number of nitrogens with one attached hydrogen (secondary N) is 3. The van der Waals surface area contributed by atoms with Gasteiger partial charge in [-0.05, 0) is 72.3 Å². The highest BCUT2D eigenvalue weighted by Crippen LogP contribution is 2.28. The van der Waals surface area contributed by atoms with E-state index in [0.717, 1.165) is 33.7 Å². The summed E-state index contributed by atoms with van der Waals surface area (Å²) < 4.78 is 0. The van der Waals surface area contributed by atoms with E-state index in [1.54, 1.807) is 6.20 Å². The van der Waals surface area contributed by atoms with Gasteiger partial charge in [-0.15, -0.1) is 0 Å². The summed E-state index contributed by atoms with van der Waals surface area (Å²) in [7, 11) is 0. The normalized spacial score (nSPS) is 10.7. The monoisotopic (exact) mass is 473 g/mol. The summed E-state index contributed by atoms with van der Waals surface area (Å²) in [6.07, 6.45) is 1.75. The number of nitrogens with zero attached hydrogens (tertiary/aromatic N) is 4. The van der Waals surface area contributed by atoms with Gasteiger partial charge in [-0.2, -0.15) is 15.0 Å². The average Bonchev–Trinajstić information content (AvgIpc) is 2.81. The van der Waals surface area contributed by atoms with Gasteiger partial charge in [0.15, 0.2) is 0 Å². The first-order chi connectivity index (χ1) is 16.1. The standard InChI is InChI=1S/C24H17Cl2N7/c25-15-6-11-19-20(12-13-27-21(19)14-15)28-17-7-9-18(10-8-17)30-24-32-22(26)31-23(33-24)29-16-4-2-1-3-5-16/h1-14H,(H,27,28)(H2,29,30,31,32,33). The second kappa shape index (κ2) is 9.28. The van der Waals surface area contributed by atoms with Crippen LogP contribution in [0.5, 0.6) is 0 Å². The molecule has 0 aliphatic rings. The Labute approximate surface area is 199 Å². The SMILES string of the molecule is Clc1ccc2c(Nc3ccc(Nc4nc(Cl)nc(Nc5ccccc5)n4)cc3)ccnc2c1. The quantitative estimate of drug-likeness (QED) is 0.245. The molecule has 5 rings (SSSR count). The van der Waals surface area contributed by atoms with Crippen molar-refractivity contribution in [3.63, 3.8) is 0 Å². The molecule has 0 aliphatic carbocycles. The number of anilines is 6. The Morgan fingerprint density at radius 1 is 0.606 bits per heavy atom. The fourth-order valence-corrected chi connectivity index (χ4v) is 3.59. The van der Waals surface area contributed by atoms with Crippen LogP contribution in [0.2, 0.25) is 10.3 Å². The number of hydrogen-bond donors (Lipinski definition) is 3. The number of aromatic nitrogens is 4. The maximum absolute atomic E-state index is 6.09. The first kappa shape index (κ1) is 20.9. The Kier molecular flexibility index (Phi) is 5.89. The number of benzene rings is 3. The minimum Gasteiger partial charge on any atom is -0.355 e. The van der Waals surface area contributed by atoms with Crippen molar-refractivity contribution in [2.45, 2.75) is 0 Å². The third-order valence-electron chi connectivity index (χ3n) is 4.76. The second-order valence-electron chi connectivity index (χ2n) is 7.09. The van der Waals surface area contributed by atoms with Gasteiger partial charge in [0.05, 0.1) is 5.52 Å². The molecule has 9 heteroatoms. The van der Waals surface area contributed by atoms with Crippen LogP contribution >= 0.6 is 23.2 Å². The van der Waals surface area contributed by atoms with Gasteiger partial charge in [0.1, 0.15) is 0 Å². The van der Waals surface area contributed by atoms with E-state index in [1.807, 2.05) is 78.9 Å². The van der Waals surface area contributed by atoms with Crippen molar-refractivity contribution < 1.29 is 0 Å². The van der Waals surface area contributed by atoms with Crippen LogP contribution in [0.15, 0.2) is 85.1 Å². The maximum atomic E-state index is 6.09. The molecule has 0 unspecified atom stereocenters. The molecule has 0 saturated carbocycles. The molecule has 0 amide bonds. The Balaban J connectivity index is 1.31. The zero-order valence-electron chi connectivity index (χ0n) is 17.1. The lowest BCUT2D eigenvalue weighted by molar-refractivity contribution is 1.06. The zero-order chi connectivity index (χ0) is 22.6. The minimum atomic E-state index is 0.0916. The summed E-state index contributed by atoms with van der Waals surface area (Å²) in [5, 5.41) is 11.4. The molecule has 0 fully saturated rings. The molecule has 3 aromatic carbocycles. The lowest BCUT2D eigenvalue weighted by atomic mass is 10.2. The molecule has 0 atom stereocenters. The van der Waals surface area contributed by atoms with E-state index >= 15 is 0 Å². The van der Waals surface area contributed by atoms with Crippen molar-refractivity contribution in [2.75, 3.05) is 16.0 Å². The van der Waals surface area contributed by atoms with Crippen molar-refractivity contribution in [1.29, 1.82) is 0 Å². The first-order valence-electron chi connectivity index (χ1n) is 10.0. The topological polar surface area (TPSA) is 87.7 Å². The molecule has 0 spiro atoms. The molecular formula is C24H17Cl2N7. The minimum absolute atomic E-state index is 0.0916. The second-order valence-corrected chi connectivity index (χ2v) is 7.86. The Morgan fingerprint density at radius 3 is 1.94 bits per heavy atom. The number of rotatable bonds is 6. The van der Waals surface area contributed by atoms with Crippen LogP contribution in [0.3, 0.4) is 0 Å². The summed E-state index contributed by atoms with van der Waals surface area (Å²) >= 11 is 12.2. The van der Waals surface area contributed by atoms with Crippen molar-refractivity contribution in [1.82, 2.24) is 19.9 Å². The molecule has 2 heterocycles. The van der Waals surface area contributed by atoms with Crippen molar-refractivity contribution in [3.05, 3.63) is 95.4 Å². The van der Waals surface area contributed by atoms with E-state index in [2.05, 4.69) is 35.9 Å². The van der Waals surface area contributed by atoms with E-state index in [9.17, 15) is 0 Å². The third kappa shape index (κ3) is 5.11. The van der Waals surface area contributed by atoms with Crippen LogP contribution in [0.1, 0.15) is 0 Å². The largest absolute Gasteiger partial charge is 0.355 e. The first-order valence-corrected chi connectivity index (χ1v) is 10.8. The molecule has 33 heavy (non-hydrogen) atoms. The zero-order valence-corrected chi connectivity index (χ0v) is 18.6. The van der Waals surface area contributed by atoms with Gasteiger partial charge in [0.2, 0.25) is 17.2 Å². The predicted octanol–water partition coefficient (Wildman–Crippen LogP) is 6.96. The molecule has 5 aromatic rings. The van der Waals surface area contributed by atoms with Crippen LogP contribution in [0, 0.1) is 0 Å². The molecule has 0 aliphatic heterocycles. The number of halogens is 2. The third-order valence-corrected chi connectivity index (χ3v) is 5.17. The molecule has 162 valence electrons. The molecular weight excluding hydrogens is 457 g/mol. The summed E-state index contributed by atoms with van der Waals surface area (Å²) in [6.45, 7) is 0. The highest BCUT2D eigenvalue weighted by Gasteiger charge is 2.07. The Morgan fingerprint density at radius 2 is 1.24 bits per heavy atom. The van der Waals surface area contributed by atoms with Gasteiger partial charge in [0.25, 0.3) is 0 Å². The fourth-order valence-electron chi connectivity index (χ4n) is 3.26. The maximum Gasteiger partial charge on any atom is 0.233 e. The summed E-state index contributed by atoms with van der Waals surface area (Å²) in [4.78, 5) is 17.1. The van der Waals surface area contributed by atoms with Gasteiger partial charge in [-0.3, -0.25) is 4.98 Å². The highest BCUT2D eigenvalue weighted by atomic mass is 35.5. The van der Waals surface area contributed by atoms with Gasteiger partial charge in [-0.25, -0.2) is 0 Å². The predicted molar refractivity (Wildman–Crippen MR) is 134 cm³/mol. The van der Waals surface area contributed by atoms with Gasteiger partial charge in [-0.1, -0.05) is 29.8 Å². The molecule has 3 N–H and O–H groups in total. The van der Waals surface area contributed by atoms with Gasteiger partial charge < -0.3 is 16.0 Å². The van der Waals surface area contributed by atoms with E-state index in [4.69, 9.17) is 23.2 Å². The summed E-state index contributed by atoms with van der Waals surface area (Å²) in [5.41, 5.74) is 4.35. The number of para-hydroxylation sites is 1. The smallest absolute Gasteiger partial charge is 0.233 e. The van der Waals surface area contributed by atoms with E-state index in [1.165, 1.54) is 0 Å². The van der Waals surface area contributed by atoms with E-state index in [-0.39, 0.29) is 5.28 Å². The van der Waals surface area contributed by atoms with Gasteiger partial charge >= 0.3 is 0 Å². The van der Waals surface area contributed by atoms with Crippen molar-refractivity contribution in [2.24, 2.45) is 0 Å². The van der Waals surface area contributed by atoms with Crippen LogP contribution in [0.4, 0.5) is 34.6 Å². The Hall–Kier alpha value is -3.94. The lowest BCUT2D eigenvalue weighted by Crippen LogP contribution is -2.04. The summed E-state index contributed by atoms with van der Waals surface area (Å²) in [5.74, 6) is 0.692. The van der Waals surface area contributed by atoms with Crippen molar-refractivity contribution >= 4 is 68.8 Å². The molecule has 0 radical (unpaired) electrons. The van der Waals surface area contributed by atoms with Crippen LogP contribution < -0.4 is 16.0 Å². The number of fused-ring (bicyclic) bond motifs is 1. The highest BCUT2D eigenvalue weighted by molar-refractivity contribution is 6.31. The Bertz CT molecular complexity index is 1410. The molecule has 0 saturated heterocycles. The van der Waals surface area contributed by atoms with Crippen LogP contribution in [-0.2, 0) is 0 Å². The molecule has 7 nitrogen and oxygen atoms in total. The van der Waals surface area contributed by atoms with Crippen LogP contribution in [-0.4, -0.2) is 19.9 Å². The molecule has 0 bridgehead atoms. The summed E-state index contributed by atoms with van der Waals surface area (Å²) in [6, 6.07) is 24.9. The van der Waals surface area contributed by atoms with E-state index < -0.39 is 0 Å². The van der Waals surface area contributed by atoms with Crippen LogP contribution in [0.25, 0.3) is 10.9 Å². The number of hydrogen-bond acceptors (Lipinski definition) is 7. The van der Waals surface area contributed by atoms with E-state index in [0.29, 0.717) is 16.9 Å². The number of pyridine rings is 1. The average molecular weight is 474 g/mol. The van der Waals surface area contributed by atoms with Gasteiger partial charge in [0, 0.05) is 39.4 Å². The lowest BCUT2D eigenvalue weighted by Gasteiger charge is -2.11. The van der Waals surface area contributed by atoms with Crippen molar-refractivity contribution in [3.8, 4) is 0 Å². The molecule has 2 aromatic heterocycles. The fraction of sp³-hybridized carbons (Fsp3) is 0.